The van der Waals surface area contributed by atoms with Gasteiger partial charge in [-0.1, -0.05) is 400 Å². The maximum Gasteiger partial charge on any atom is 0.0541 e. The Bertz CT molecular complexity index is 9810. The van der Waals surface area contributed by atoms with Crippen LogP contribution in [0, 0.1) is 0 Å². The Labute approximate surface area is 833 Å². The minimum absolute atomic E-state index is 1.16. The van der Waals surface area contributed by atoms with E-state index < -0.39 is 0 Å². The Hall–Kier alpha value is -19.1. The molecule has 0 atom stereocenters. The quantitative estimate of drug-likeness (QED) is 0.104. The molecule has 0 unspecified atom stereocenters. The highest BCUT2D eigenvalue weighted by Gasteiger charge is 2.25. The third-order valence-corrected chi connectivity index (χ3v) is 29.2. The first-order chi connectivity index (χ1) is 71.5. The summed E-state index contributed by atoms with van der Waals surface area (Å²) in [5.41, 5.74) is 41.0. The zero-order chi connectivity index (χ0) is 95.1. The average Bonchev–Trinajstić information content (AvgIpc) is 1.58. The molecule has 0 saturated heterocycles. The normalized spacial score (nSPS) is 11.6. The van der Waals surface area contributed by atoms with Crippen LogP contribution in [-0.2, 0) is 0 Å². The molecule has 0 bridgehead atoms. The molecule has 6 nitrogen and oxygen atoms in total. The fourth-order valence-corrected chi connectivity index (χ4v) is 22.7. The van der Waals surface area contributed by atoms with Gasteiger partial charge < -0.3 is 27.4 Å². The van der Waals surface area contributed by atoms with Gasteiger partial charge in [0.2, 0.25) is 0 Å². The van der Waals surface area contributed by atoms with Gasteiger partial charge in [0.15, 0.2) is 0 Å². The van der Waals surface area contributed by atoms with Crippen molar-refractivity contribution in [1.29, 1.82) is 0 Å². The second-order valence-corrected chi connectivity index (χ2v) is 37.3. The van der Waals surface area contributed by atoms with Gasteiger partial charge in [-0.15, -0.1) is 0 Å². The first-order valence-electron chi connectivity index (χ1n) is 49.5. The van der Waals surface area contributed by atoms with Crippen LogP contribution in [-0.4, -0.2) is 27.4 Å². The first-order valence-corrected chi connectivity index (χ1v) is 49.5. The van der Waals surface area contributed by atoms with Gasteiger partial charge in [0.1, 0.15) is 0 Å². The van der Waals surface area contributed by atoms with E-state index in [4.69, 9.17) is 0 Å². The molecule has 0 aliphatic heterocycles. The number of hydrogen-bond donors (Lipinski definition) is 0. The summed E-state index contributed by atoms with van der Waals surface area (Å²) in [5, 5.41) is 15.1. The van der Waals surface area contributed by atoms with E-state index in [1.54, 1.807) is 0 Å². The second-order valence-electron chi connectivity index (χ2n) is 37.3. The largest absolute Gasteiger partial charge is 0.309 e. The predicted octanol–water partition coefficient (Wildman–Crippen LogP) is 37.0. The standard InChI is InChI=1S/2C48H32N2.C42H28N2/c1-3-15-33(16-4-1)37-19-7-11-23-43(37)49-45-25-13-9-21-39(45)41-31-35(27-29-47(41)49)36-28-30-48-42(32-36)40-22-10-14-26-46(40)50(48)44-24-12-8-20-38(44)34-17-5-2-6-18-34;1-3-14-33(15-4-1)35-18-13-19-38(30-35)49-45-24-11-8-21-40(45)42-31-36(26-28-47(42)49)37-27-29-48-43(32-37)41-22-9-12-25-46(41)50(48)44-23-10-7-20-39(44)34-16-5-2-6-17-34;1-3-13-29(14-4-1)33-17-7-10-20-38(33)44-40-22-12-9-19-35(40)37-28-31(24-26-42(37)44)30-23-25-41-36(27-30)34-18-8-11-21-39(34)43(41)32-15-5-2-6-16-32/h2*1-32H;1-28H. The first kappa shape index (κ1) is 84.2. The summed E-state index contributed by atoms with van der Waals surface area (Å²) in [6.45, 7) is 0. The van der Waals surface area contributed by atoms with Crippen LogP contribution in [0.4, 0.5) is 0 Å². The van der Waals surface area contributed by atoms with E-state index in [1.807, 2.05) is 0 Å². The lowest BCUT2D eigenvalue weighted by atomic mass is 10.0. The number of rotatable bonds is 14. The zero-order valence-corrected chi connectivity index (χ0v) is 78.8. The van der Waals surface area contributed by atoms with Crippen LogP contribution in [0.2, 0.25) is 0 Å². The Morgan fingerprint density at radius 2 is 0.264 bits per heavy atom. The molecule has 674 valence electrons. The zero-order valence-electron chi connectivity index (χ0n) is 78.8. The second kappa shape index (κ2) is 35.7. The average molecular weight is 1830 g/mol. The lowest BCUT2D eigenvalue weighted by molar-refractivity contribution is 1.18. The van der Waals surface area contributed by atoms with Gasteiger partial charge in [-0.05, 0) is 224 Å². The van der Waals surface area contributed by atoms with E-state index >= 15 is 0 Å². The predicted molar refractivity (Wildman–Crippen MR) is 609 cm³/mol. The number of fused-ring (bicyclic) bond motifs is 18. The maximum atomic E-state index is 2.43. The smallest absolute Gasteiger partial charge is 0.0541 e. The summed E-state index contributed by atoms with van der Waals surface area (Å²) in [5.74, 6) is 0. The van der Waals surface area contributed by atoms with Crippen LogP contribution in [0.15, 0.2) is 558 Å². The lowest BCUT2D eigenvalue weighted by Gasteiger charge is -2.14. The summed E-state index contributed by atoms with van der Waals surface area (Å²) in [6, 6.07) is 202. The van der Waals surface area contributed by atoms with Crippen LogP contribution < -0.4 is 0 Å². The van der Waals surface area contributed by atoms with Crippen LogP contribution in [0.25, 0.3) is 254 Å². The Morgan fingerprint density at radius 3 is 0.528 bits per heavy atom. The fourth-order valence-electron chi connectivity index (χ4n) is 22.7. The molecule has 0 aliphatic carbocycles. The van der Waals surface area contributed by atoms with Crippen LogP contribution in [0.5, 0.6) is 0 Å². The molecule has 29 rings (SSSR count). The SMILES string of the molecule is c1ccc(-c2cccc(-n3c4ccccc4c4cc(-c5ccc6c(c5)c5ccccc5n6-c5ccccc5-c5ccccc5)ccc43)c2)cc1.c1ccc(-c2ccccc2-n2c3ccccc3c3cc(-c4ccc5c(c4)c4ccccc4n5-c4ccccc4)ccc32)cc1.c1ccc(-c2ccccc2-n2c3ccccc3c3cc(-c4ccc5c(c4)c4ccccc4n5-c4ccccc4-c4ccccc4)ccc32)cc1. The van der Waals surface area contributed by atoms with E-state index in [0.717, 1.165) is 5.69 Å². The number of aromatic nitrogens is 6. The minimum atomic E-state index is 1.16. The number of para-hydroxylation sites is 11. The highest BCUT2D eigenvalue weighted by atomic mass is 15.0. The molecule has 0 fully saturated rings. The number of nitrogens with zero attached hydrogens (tertiary/aromatic N) is 6. The van der Waals surface area contributed by atoms with Gasteiger partial charge in [-0.3, -0.25) is 0 Å². The van der Waals surface area contributed by atoms with E-state index in [9.17, 15) is 0 Å². The molecule has 23 aromatic carbocycles. The summed E-state index contributed by atoms with van der Waals surface area (Å²) in [4.78, 5) is 0. The van der Waals surface area contributed by atoms with E-state index in [1.165, 1.54) is 248 Å². The number of benzene rings is 23. The van der Waals surface area contributed by atoms with Crippen molar-refractivity contribution in [2.24, 2.45) is 0 Å². The van der Waals surface area contributed by atoms with Gasteiger partial charge in [0.05, 0.1) is 88.9 Å². The summed E-state index contributed by atoms with van der Waals surface area (Å²) in [6.07, 6.45) is 0. The summed E-state index contributed by atoms with van der Waals surface area (Å²) >= 11 is 0. The van der Waals surface area contributed by atoms with Gasteiger partial charge in [-0.2, -0.15) is 0 Å². The molecule has 0 radical (unpaired) electrons. The topological polar surface area (TPSA) is 29.6 Å². The molecular weight excluding hydrogens is 1740 g/mol. The van der Waals surface area contributed by atoms with Gasteiger partial charge in [-0.25, -0.2) is 0 Å². The van der Waals surface area contributed by atoms with Crippen molar-refractivity contribution in [3.8, 4) is 123 Å². The van der Waals surface area contributed by atoms with Crippen molar-refractivity contribution in [2.45, 2.75) is 0 Å². The molecule has 0 spiro atoms. The molecule has 6 heteroatoms. The van der Waals surface area contributed by atoms with Crippen molar-refractivity contribution < 1.29 is 0 Å². The van der Waals surface area contributed by atoms with Gasteiger partial charge >= 0.3 is 0 Å². The molecule has 6 aromatic heterocycles. The Morgan fingerprint density at radius 1 is 0.0903 bits per heavy atom. The van der Waals surface area contributed by atoms with Crippen molar-refractivity contribution >= 4 is 131 Å². The highest BCUT2D eigenvalue weighted by Crippen LogP contribution is 2.47. The van der Waals surface area contributed by atoms with Crippen molar-refractivity contribution in [3.05, 3.63) is 558 Å². The Balaban J connectivity index is 0.000000108. The third-order valence-electron chi connectivity index (χ3n) is 29.2. The van der Waals surface area contributed by atoms with Crippen molar-refractivity contribution in [2.75, 3.05) is 0 Å². The third kappa shape index (κ3) is 14.5. The van der Waals surface area contributed by atoms with Crippen molar-refractivity contribution in [1.82, 2.24) is 27.4 Å². The fraction of sp³-hybridized carbons (Fsp3) is 0. The summed E-state index contributed by atoms with van der Waals surface area (Å²) < 4.78 is 14.5. The van der Waals surface area contributed by atoms with E-state index in [0.29, 0.717) is 0 Å². The molecule has 0 aliphatic rings. The lowest BCUT2D eigenvalue weighted by Crippen LogP contribution is -1.97. The van der Waals surface area contributed by atoms with E-state index in [-0.39, 0.29) is 0 Å². The highest BCUT2D eigenvalue weighted by molar-refractivity contribution is 6.18. The monoisotopic (exact) mass is 1830 g/mol. The van der Waals surface area contributed by atoms with Crippen LogP contribution in [0.1, 0.15) is 0 Å². The molecule has 6 heterocycles. The molecule has 144 heavy (non-hydrogen) atoms. The van der Waals surface area contributed by atoms with Crippen LogP contribution in [0.3, 0.4) is 0 Å². The van der Waals surface area contributed by atoms with E-state index in [2.05, 4.69) is 586 Å². The van der Waals surface area contributed by atoms with Gasteiger partial charge in [0.25, 0.3) is 0 Å². The minimum Gasteiger partial charge on any atom is -0.309 e. The summed E-state index contributed by atoms with van der Waals surface area (Å²) in [7, 11) is 0. The Kier molecular flexibility index (Phi) is 20.9. The molecule has 0 N–H and O–H groups in total. The van der Waals surface area contributed by atoms with Crippen LogP contribution >= 0.6 is 0 Å². The molecular formula is C138H92N6. The molecule has 29 aromatic rings. The number of hydrogen-bond acceptors (Lipinski definition) is 0. The van der Waals surface area contributed by atoms with Gasteiger partial charge in [0, 0.05) is 98.3 Å². The van der Waals surface area contributed by atoms with Crippen molar-refractivity contribution in [3.63, 3.8) is 0 Å². The maximum absolute atomic E-state index is 2.43. The molecule has 0 saturated carbocycles. The molecule has 0 amide bonds.